The first-order valence-corrected chi connectivity index (χ1v) is 10.5. The van der Waals surface area contributed by atoms with Crippen LogP contribution in [0.1, 0.15) is 33.6 Å². The molecular formula is C26H22N4O3. The number of nitrogens with zero attached hydrogens (tertiary/aromatic N) is 4. The molecule has 4 aromatic rings. The van der Waals surface area contributed by atoms with E-state index in [-0.39, 0.29) is 11.5 Å². The Morgan fingerprint density at radius 1 is 0.848 bits per heavy atom. The number of benzene rings is 2. The highest BCUT2D eigenvalue weighted by Crippen LogP contribution is 2.42. The molecule has 33 heavy (non-hydrogen) atoms. The number of hydrogen-bond acceptors (Lipinski definition) is 6. The van der Waals surface area contributed by atoms with Crippen molar-refractivity contribution >= 4 is 17.3 Å². The van der Waals surface area contributed by atoms with Gasteiger partial charge in [-0.15, -0.1) is 0 Å². The number of carbonyl (C=O) groups excluding carboxylic acids is 1. The SMILES string of the molecule is CN(c1ccccn1)[C@@H](c1ccccc1[N+](=O)[O-])[C@H](C(=O)c1ccccc1)c1ccccn1. The average Bonchev–Trinajstić information content (AvgIpc) is 2.88. The number of aromatic nitrogens is 2. The summed E-state index contributed by atoms with van der Waals surface area (Å²) in [7, 11) is 1.79. The van der Waals surface area contributed by atoms with Gasteiger partial charge >= 0.3 is 0 Å². The van der Waals surface area contributed by atoms with Crippen LogP contribution in [0.25, 0.3) is 0 Å². The predicted octanol–water partition coefficient (Wildman–Crippen LogP) is 5.23. The van der Waals surface area contributed by atoms with Crippen molar-refractivity contribution in [1.82, 2.24) is 9.97 Å². The molecule has 0 N–H and O–H groups in total. The fourth-order valence-corrected chi connectivity index (χ4v) is 4.00. The van der Waals surface area contributed by atoms with Crippen molar-refractivity contribution in [3.8, 4) is 0 Å². The molecule has 0 unspecified atom stereocenters. The molecule has 2 aromatic carbocycles. The van der Waals surface area contributed by atoms with Crippen LogP contribution >= 0.6 is 0 Å². The van der Waals surface area contributed by atoms with E-state index in [1.165, 1.54) is 6.07 Å². The van der Waals surface area contributed by atoms with E-state index in [9.17, 15) is 14.9 Å². The third-order valence-corrected chi connectivity index (χ3v) is 5.54. The van der Waals surface area contributed by atoms with Crippen LogP contribution in [0.4, 0.5) is 11.5 Å². The standard InChI is InChI=1S/C26H22N4O3/c1-29(23-16-8-10-18-28-23)25(20-13-5-6-15-22(20)30(32)33)24(21-14-7-9-17-27-21)26(31)19-11-3-2-4-12-19/h2-18,24-25H,1H3/t24-,25+/m1/s1. The van der Waals surface area contributed by atoms with Crippen LogP contribution in [0.3, 0.4) is 0 Å². The number of ketones is 1. The molecule has 0 bridgehead atoms. The Morgan fingerprint density at radius 2 is 1.48 bits per heavy atom. The van der Waals surface area contributed by atoms with Crippen LogP contribution in [0.5, 0.6) is 0 Å². The van der Waals surface area contributed by atoms with Gasteiger partial charge in [0.25, 0.3) is 5.69 Å². The molecule has 0 spiro atoms. The van der Waals surface area contributed by atoms with Gasteiger partial charge < -0.3 is 4.90 Å². The number of anilines is 1. The van der Waals surface area contributed by atoms with Crippen molar-refractivity contribution in [3.05, 3.63) is 130 Å². The van der Waals surface area contributed by atoms with Crippen LogP contribution in [0, 0.1) is 10.1 Å². The summed E-state index contributed by atoms with van der Waals surface area (Å²) in [5, 5.41) is 12.0. The molecule has 7 nitrogen and oxygen atoms in total. The van der Waals surface area contributed by atoms with E-state index in [1.54, 1.807) is 80.1 Å². The minimum Gasteiger partial charge on any atom is -0.351 e. The number of para-hydroxylation sites is 1. The highest BCUT2D eigenvalue weighted by atomic mass is 16.6. The second kappa shape index (κ2) is 9.82. The Hall–Kier alpha value is -4.39. The smallest absolute Gasteiger partial charge is 0.274 e. The Kier molecular flexibility index (Phi) is 6.50. The Labute approximate surface area is 191 Å². The van der Waals surface area contributed by atoms with Crippen molar-refractivity contribution in [2.24, 2.45) is 0 Å². The first-order valence-electron chi connectivity index (χ1n) is 10.5. The van der Waals surface area contributed by atoms with E-state index in [1.807, 2.05) is 29.2 Å². The Balaban J connectivity index is 1.96. The maximum Gasteiger partial charge on any atom is 0.274 e. The van der Waals surface area contributed by atoms with Gasteiger partial charge in [-0.2, -0.15) is 0 Å². The minimum absolute atomic E-state index is 0.0629. The van der Waals surface area contributed by atoms with E-state index < -0.39 is 16.9 Å². The number of rotatable bonds is 8. The summed E-state index contributed by atoms with van der Waals surface area (Å²) in [5.74, 6) is -0.413. The molecule has 0 fully saturated rings. The van der Waals surface area contributed by atoms with Gasteiger partial charge in [0.1, 0.15) is 5.82 Å². The zero-order valence-electron chi connectivity index (χ0n) is 18.0. The van der Waals surface area contributed by atoms with Gasteiger partial charge in [-0.25, -0.2) is 4.98 Å². The summed E-state index contributed by atoms with van der Waals surface area (Å²) in [5.41, 5.74) is 1.38. The number of nitro groups is 1. The molecule has 2 atom stereocenters. The van der Waals surface area contributed by atoms with Crippen LogP contribution in [0.15, 0.2) is 103 Å². The maximum atomic E-state index is 13.9. The van der Waals surface area contributed by atoms with Gasteiger partial charge in [0, 0.05) is 31.1 Å². The topological polar surface area (TPSA) is 89.2 Å². The molecular weight excluding hydrogens is 416 g/mol. The fraction of sp³-hybridized carbons (Fsp3) is 0.115. The monoisotopic (exact) mass is 438 g/mol. The normalized spacial score (nSPS) is 12.5. The molecule has 0 aliphatic carbocycles. The largest absolute Gasteiger partial charge is 0.351 e. The lowest BCUT2D eigenvalue weighted by atomic mass is 9.82. The van der Waals surface area contributed by atoms with Crippen LogP contribution in [-0.4, -0.2) is 27.7 Å². The number of hydrogen-bond donors (Lipinski definition) is 0. The number of Topliss-reactive ketones (excluding diaryl/α,β-unsaturated/α-hetero) is 1. The van der Waals surface area contributed by atoms with Gasteiger partial charge in [-0.05, 0) is 24.3 Å². The molecule has 0 saturated heterocycles. The molecule has 0 aliphatic heterocycles. The van der Waals surface area contributed by atoms with Crippen LogP contribution < -0.4 is 4.90 Å². The van der Waals surface area contributed by atoms with E-state index >= 15 is 0 Å². The van der Waals surface area contributed by atoms with Crippen molar-refractivity contribution in [3.63, 3.8) is 0 Å². The lowest BCUT2D eigenvalue weighted by Crippen LogP contribution is -2.35. The average molecular weight is 438 g/mol. The van der Waals surface area contributed by atoms with Gasteiger partial charge in [0.15, 0.2) is 5.78 Å². The Morgan fingerprint density at radius 3 is 2.12 bits per heavy atom. The third kappa shape index (κ3) is 4.62. The minimum atomic E-state index is -0.818. The molecule has 164 valence electrons. The van der Waals surface area contributed by atoms with Crippen LogP contribution in [0.2, 0.25) is 0 Å². The van der Waals surface area contributed by atoms with Crippen molar-refractivity contribution in [2.45, 2.75) is 12.0 Å². The van der Waals surface area contributed by atoms with E-state index in [0.717, 1.165) is 0 Å². The zero-order valence-corrected chi connectivity index (χ0v) is 18.0. The van der Waals surface area contributed by atoms with Crippen molar-refractivity contribution in [2.75, 3.05) is 11.9 Å². The zero-order chi connectivity index (χ0) is 23.2. The van der Waals surface area contributed by atoms with Crippen LogP contribution in [-0.2, 0) is 0 Å². The van der Waals surface area contributed by atoms with E-state index in [0.29, 0.717) is 22.6 Å². The lowest BCUT2D eigenvalue weighted by Gasteiger charge is -2.34. The predicted molar refractivity (Wildman–Crippen MR) is 126 cm³/mol. The Bertz CT molecular complexity index is 1230. The van der Waals surface area contributed by atoms with Gasteiger partial charge in [0.05, 0.1) is 28.1 Å². The summed E-state index contributed by atoms with van der Waals surface area (Å²) >= 11 is 0. The summed E-state index contributed by atoms with van der Waals surface area (Å²) in [6, 6.07) is 25.5. The fourth-order valence-electron chi connectivity index (χ4n) is 4.00. The summed E-state index contributed by atoms with van der Waals surface area (Å²) in [6.07, 6.45) is 3.27. The number of likely N-dealkylation sites (N-methyl/N-ethyl adjacent to an activating group) is 1. The molecule has 4 rings (SSSR count). The maximum absolute atomic E-state index is 13.9. The summed E-state index contributed by atoms with van der Waals surface area (Å²) < 4.78 is 0. The lowest BCUT2D eigenvalue weighted by molar-refractivity contribution is -0.385. The molecule has 2 aromatic heterocycles. The quantitative estimate of drug-likeness (QED) is 0.213. The van der Waals surface area contributed by atoms with Crippen molar-refractivity contribution < 1.29 is 9.72 Å². The third-order valence-electron chi connectivity index (χ3n) is 5.54. The summed E-state index contributed by atoms with van der Waals surface area (Å²) in [6.45, 7) is 0. The number of pyridine rings is 2. The molecule has 2 heterocycles. The highest BCUT2D eigenvalue weighted by molar-refractivity contribution is 6.01. The molecule has 0 aliphatic rings. The van der Waals surface area contributed by atoms with Gasteiger partial charge in [-0.1, -0.05) is 60.7 Å². The molecule has 7 heteroatoms. The number of nitro benzene ring substituents is 1. The van der Waals surface area contributed by atoms with E-state index in [2.05, 4.69) is 9.97 Å². The van der Waals surface area contributed by atoms with Gasteiger partial charge in [0.2, 0.25) is 0 Å². The number of carbonyl (C=O) groups is 1. The second-order valence-corrected chi connectivity index (χ2v) is 7.52. The van der Waals surface area contributed by atoms with Crippen molar-refractivity contribution in [1.29, 1.82) is 0 Å². The molecule has 0 saturated carbocycles. The van der Waals surface area contributed by atoms with E-state index in [4.69, 9.17) is 0 Å². The first-order chi connectivity index (χ1) is 16.1. The second-order valence-electron chi connectivity index (χ2n) is 7.52. The summed E-state index contributed by atoms with van der Waals surface area (Å²) in [4.78, 5) is 36.2. The van der Waals surface area contributed by atoms with Gasteiger partial charge in [-0.3, -0.25) is 19.9 Å². The highest BCUT2D eigenvalue weighted by Gasteiger charge is 2.39. The first kappa shape index (κ1) is 21.8. The molecule has 0 amide bonds. The molecule has 0 radical (unpaired) electrons.